The molecule has 0 unspecified atom stereocenters. The first-order valence-corrected chi connectivity index (χ1v) is 6.15. The maximum Gasteiger partial charge on any atom is 0.426 e. The molecule has 2 amide bonds. The molecule has 0 aromatic heterocycles. The van der Waals surface area contributed by atoms with Gasteiger partial charge in [0.1, 0.15) is 5.60 Å². The SMILES string of the molecule is Cc1c(C(=O)NNC(=O)OC(C)(C)C)cccc1[N+](=O)[O-]. The van der Waals surface area contributed by atoms with Gasteiger partial charge in [0.25, 0.3) is 11.6 Å². The van der Waals surface area contributed by atoms with Crippen molar-refractivity contribution in [1.82, 2.24) is 10.9 Å². The van der Waals surface area contributed by atoms with Gasteiger partial charge in [-0.3, -0.25) is 20.3 Å². The molecule has 21 heavy (non-hydrogen) atoms. The summed E-state index contributed by atoms with van der Waals surface area (Å²) in [5.41, 5.74) is 3.67. The monoisotopic (exact) mass is 295 g/mol. The van der Waals surface area contributed by atoms with Crippen molar-refractivity contribution in [3.8, 4) is 0 Å². The summed E-state index contributed by atoms with van der Waals surface area (Å²) in [4.78, 5) is 33.5. The number of nitrogens with one attached hydrogen (secondary N) is 2. The van der Waals surface area contributed by atoms with Crippen LogP contribution in [0.4, 0.5) is 10.5 Å². The molecule has 0 fully saturated rings. The molecule has 0 aliphatic rings. The number of amides is 2. The fourth-order valence-electron chi connectivity index (χ4n) is 1.55. The molecule has 8 heteroatoms. The third kappa shape index (κ3) is 4.75. The van der Waals surface area contributed by atoms with Crippen molar-refractivity contribution >= 4 is 17.7 Å². The lowest BCUT2D eigenvalue weighted by Crippen LogP contribution is -2.44. The van der Waals surface area contributed by atoms with Gasteiger partial charge in [-0.2, -0.15) is 0 Å². The van der Waals surface area contributed by atoms with Crippen LogP contribution in [0.2, 0.25) is 0 Å². The average Bonchev–Trinajstić information content (AvgIpc) is 2.33. The van der Waals surface area contributed by atoms with Gasteiger partial charge in [0, 0.05) is 11.6 Å². The van der Waals surface area contributed by atoms with Crippen LogP contribution < -0.4 is 10.9 Å². The zero-order valence-electron chi connectivity index (χ0n) is 12.2. The van der Waals surface area contributed by atoms with Crippen molar-refractivity contribution < 1.29 is 19.2 Å². The summed E-state index contributed by atoms with van der Waals surface area (Å²) in [5.74, 6) is -0.665. The summed E-state index contributed by atoms with van der Waals surface area (Å²) in [6.07, 6.45) is -0.820. The fourth-order valence-corrected chi connectivity index (χ4v) is 1.55. The normalized spacial score (nSPS) is 10.7. The zero-order valence-corrected chi connectivity index (χ0v) is 12.2. The third-order valence-corrected chi connectivity index (χ3v) is 2.42. The van der Waals surface area contributed by atoms with E-state index in [1.165, 1.54) is 25.1 Å². The number of ether oxygens (including phenoxy) is 1. The highest BCUT2D eigenvalue weighted by molar-refractivity contribution is 5.97. The summed E-state index contributed by atoms with van der Waals surface area (Å²) < 4.78 is 4.94. The standard InChI is InChI=1S/C13H17N3O5/c1-8-9(6-5-7-10(8)16(19)20)11(17)14-15-12(18)21-13(2,3)4/h5-7H,1-4H3,(H,14,17)(H,15,18). The lowest BCUT2D eigenvalue weighted by atomic mass is 10.1. The maximum atomic E-state index is 11.9. The van der Waals surface area contributed by atoms with Crippen LogP contribution in [-0.4, -0.2) is 22.5 Å². The second-order valence-electron chi connectivity index (χ2n) is 5.29. The van der Waals surface area contributed by atoms with Crippen molar-refractivity contribution in [2.45, 2.75) is 33.3 Å². The Kier molecular flexibility index (Phi) is 4.85. The highest BCUT2D eigenvalue weighted by Crippen LogP contribution is 2.20. The number of carbonyl (C=O) groups excluding carboxylic acids is 2. The van der Waals surface area contributed by atoms with E-state index < -0.39 is 22.5 Å². The Bertz CT molecular complexity index is 578. The van der Waals surface area contributed by atoms with Gasteiger partial charge >= 0.3 is 6.09 Å². The van der Waals surface area contributed by atoms with Gasteiger partial charge in [0.2, 0.25) is 0 Å². The molecule has 2 N–H and O–H groups in total. The van der Waals surface area contributed by atoms with E-state index in [1.807, 2.05) is 0 Å². The van der Waals surface area contributed by atoms with E-state index in [2.05, 4.69) is 10.9 Å². The number of nitrogens with zero attached hydrogens (tertiary/aromatic N) is 1. The molecule has 0 radical (unpaired) electrons. The van der Waals surface area contributed by atoms with Crippen molar-refractivity contribution in [1.29, 1.82) is 0 Å². The van der Waals surface area contributed by atoms with Gasteiger partial charge in [0.05, 0.1) is 10.5 Å². The van der Waals surface area contributed by atoms with Gasteiger partial charge in [-0.25, -0.2) is 10.2 Å². The minimum Gasteiger partial charge on any atom is -0.443 e. The Morgan fingerprint density at radius 1 is 1.24 bits per heavy atom. The number of hydrogen-bond donors (Lipinski definition) is 2. The number of hydrogen-bond acceptors (Lipinski definition) is 5. The smallest absolute Gasteiger partial charge is 0.426 e. The van der Waals surface area contributed by atoms with Crippen LogP contribution in [0.3, 0.4) is 0 Å². The molecular weight excluding hydrogens is 278 g/mol. The van der Waals surface area contributed by atoms with E-state index in [9.17, 15) is 19.7 Å². The Morgan fingerprint density at radius 3 is 2.38 bits per heavy atom. The molecular formula is C13H17N3O5. The van der Waals surface area contributed by atoms with Crippen molar-refractivity contribution in [2.75, 3.05) is 0 Å². The number of benzene rings is 1. The van der Waals surface area contributed by atoms with E-state index in [4.69, 9.17) is 4.74 Å². The zero-order chi connectivity index (χ0) is 16.2. The molecule has 0 saturated carbocycles. The van der Waals surface area contributed by atoms with Crippen molar-refractivity contribution in [3.05, 3.63) is 39.4 Å². The van der Waals surface area contributed by atoms with E-state index in [-0.39, 0.29) is 16.8 Å². The average molecular weight is 295 g/mol. The molecule has 0 bridgehead atoms. The van der Waals surface area contributed by atoms with Gasteiger partial charge in [-0.15, -0.1) is 0 Å². The molecule has 0 atom stereocenters. The highest BCUT2D eigenvalue weighted by Gasteiger charge is 2.20. The van der Waals surface area contributed by atoms with Gasteiger partial charge < -0.3 is 4.74 Å². The van der Waals surface area contributed by atoms with Crippen LogP contribution in [-0.2, 0) is 4.74 Å². The molecule has 0 heterocycles. The Labute approximate surface area is 121 Å². The van der Waals surface area contributed by atoms with Crippen LogP contribution in [0, 0.1) is 17.0 Å². The predicted octanol–water partition coefficient (Wildman–Crippen LogP) is 2.07. The number of rotatable bonds is 2. The highest BCUT2D eigenvalue weighted by atomic mass is 16.6. The maximum absolute atomic E-state index is 11.9. The topological polar surface area (TPSA) is 111 Å². The van der Waals surface area contributed by atoms with Crippen LogP contribution >= 0.6 is 0 Å². The lowest BCUT2D eigenvalue weighted by molar-refractivity contribution is -0.385. The third-order valence-electron chi connectivity index (χ3n) is 2.42. The minimum atomic E-state index is -0.820. The summed E-state index contributed by atoms with van der Waals surface area (Å²) >= 11 is 0. The second kappa shape index (κ2) is 6.21. The predicted molar refractivity (Wildman–Crippen MR) is 74.7 cm³/mol. The first-order valence-electron chi connectivity index (χ1n) is 6.15. The van der Waals surface area contributed by atoms with E-state index in [1.54, 1.807) is 20.8 Å². The Hall–Kier alpha value is -2.64. The van der Waals surface area contributed by atoms with Crippen LogP contribution in [0.15, 0.2) is 18.2 Å². The number of nitro benzene ring substituents is 1. The summed E-state index contributed by atoms with van der Waals surface area (Å²) in [5, 5.41) is 10.8. The first-order chi connectivity index (χ1) is 9.61. The molecule has 0 aliphatic carbocycles. The van der Waals surface area contributed by atoms with Crippen LogP contribution in [0.25, 0.3) is 0 Å². The van der Waals surface area contributed by atoms with Crippen molar-refractivity contribution in [3.63, 3.8) is 0 Å². The molecule has 114 valence electrons. The van der Waals surface area contributed by atoms with Gasteiger partial charge in [-0.05, 0) is 33.8 Å². The largest absolute Gasteiger partial charge is 0.443 e. The van der Waals surface area contributed by atoms with E-state index >= 15 is 0 Å². The molecule has 1 aromatic carbocycles. The molecule has 0 aliphatic heterocycles. The number of hydrazine groups is 1. The first kappa shape index (κ1) is 16.4. The number of carbonyl (C=O) groups is 2. The Morgan fingerprint density at radius 2 is 1.86 bits per heavy atom. The summed E-state index contributed by atoms with van der Waals surface area (Å²) in [6.45, 7) is 6.50. The summed E-state index contributed by atoms with van der Waals surface area (Å²) in [7, 11) is 0. The van der Waals surface area contributed by atoms with Gasteiger partial charge in [0.15, 0.2) is 0 Å². The van der Waals surface area contributed by atoms with Gasteiger partial charge in [-0.1, -0.05) is 6.07 Å². The van der Waals surface area contributed by atoms with Crippen molar-refractivity contribution in [2.24, 2.45) is 0 Å². The second-order valence-corrected chi connectivity index (χ2v) is 5.29. The molecule has 1 aromatic rings. The van der Waals surface area contributed by atoms with Crippen LogP contribution in [0.5, 0.6) is 0 Å². The molecule has 0 saturated heterocycles. The molecule has 8 nitrogen and oxygen atoms in total. The molecule has 1 rings (SSSR count). The number of nitro groups is 1. The Balaban J connectivity index is 2.75. The summed E-state index contributed by atoms with van der Waals surface area (Å²) in [6, 6.07) is 4.12. The lowest BCUT2D eigenvalue weighted by Gasteiger charge is -2.19. The minimum absolute atomic E-state index is 0.0975. The quantitative estimate of drug-likeness (QED) is 0.641. The van der Waals surface area contributed by atoms with Crippen LogP contribution in [0.1, 0.15) is 36.7 Å². The van der Waals surface area contributed by atoms with E-state index in [0.717, 1.165) is 0 Å². The molecule has 0 spiro atoms. The fraction of sp³-hybridized carbons (Fsp3) is 0.385. The van der Waals surface area contributed by atoms with E-state index in [0.29, 0.717) is 0 Å².